The fourth-order valence-electron chi connectivity index (χ4n) is 2.85. The summed E-state index contributed by atoms with van der Waals surface area (Å²) in [6.45, 7) is 3.84. The zero-order valence-corrected chi connectivity index (χ0v) is 13.7. The summed E-state index contributed by atoms with van der Waals surface area (Å²) in [6.07, 6.45) is 2.53. The number of carbonyl (C=O) groups excluding carboxylic acids is 1. The predicted octanol–water partition coefficient (Wildman–Crippen LogP) is 3.38. The van der Waals surface area contributed by atoms with Gasteiger partial charge in [0, 0.05) is 11.6 Å². The second-order valence-electron chi connectivity index (χ2n) is 6.07. The van der Waals surface area contributed by atoms with Crippen LogP contribution in [0, 0.1) is 5.41 Å². The van der Waals surface area contributed by atoms with Crippen LogP contribution in [0.4, 0.5) is 0 Å². The summed E-state index contributed by atoms with van der Waals surface area (Å²) in [5, 5.41) is 12.9. The summed E-state index contributed by atoms with van der Waals surface area (Å²) in [5.41, 5.74) is -0.511. The summed E-state index contributed by atoms with van der Waals surface area (Å²) in [6, 6.07) is 7.34. The van der Waals surface area contributed by atoms with Gasteiger partial charge in [0.2, 0.25) is 5.91 Å². The first-order chi connectivity index (χ1) is 10.4. The Morgan fingerprint density at radius 3 is 2.41 bits per heavy atom. The van der Waals surface area contributed by atoms with Gasteiger partial charge < -0.3 is 10.4 Å². The van der Waals surface area contributed by atoms with Crippen LogP contribution in [0.1, 0.15) is 45.1 Å². The van der Waals surface area contributed by atoms with Crippen LogP contribution in [0.2, 0.25) is 5.02 Å². The van der Waals surface area contributed by atoms with Crippen LogP contribution in [0.3, 0.4) is 0 Å². The van der Waals surface area contributed by atoms with Gasteiger partial charge in [-0.15, -0.1) is 0 Å². The molecule has 0 aromatic heterocycles. The maximum atomic E-state index is 12.6. The predicted molar refractivity (Wildman–Crippen MR) is 86.0 cm³/mol. The molecule has 0 saturated heterocycles. The molecule has 1 aliphatic rings. The monoisotopic (exact) mass is 323 g/mol. The first kappa shape index (κ1) is 16.8. The minimum absolute atomic E-state index is 0.0951. The topological polar surface area (TPSA) is 66.4 Å². The molecule has 0 atom stereocenters. The molecule has 1 fully saturated rings. The third-order valence-electron chi connectivity index (χ3n) is 4.96. The van der Waals surface area contributed by atoms with E-state index in [1.807, 2.05) is 32.0 Å². The standard InChI is InChI=1S/C17H22ClNO3/c1-3-16(4-2,15(21)22)11-19-14(20)17(8-9-17)12-6-5-7-13(18)10-12/h5-7,10H,3-4,8-9,11H2,1-2H3,(H,19,20)(H,21,22). The molecular weight excluding hydrogens is 302 g/mol. The van der Waals surface area contributed by atoms with Gasteiger partial charge in [0.1, 0.15) is 0 Å². The van der Waals surface area contributed by atoms with Crippen molar-refractivity contribution >= 4 is 23.5 Å². The van der Waals surface area contributed by atoms with Crippen molar-refractivity contribution in [2.45, 2.75) is 44.9 Å². The number of halogens is 1. The van der Waals surface area contributed by atoms with Crippen molar-refractivity contribution in [2.75, 3.05) is 6.54 Å². The SMILES string of the molecule is CCC(CC)(CNC(=O)C1(c2cccc(Cl)c2)CC1)C(=O)O. The Hall–Kier alpha value is -1.55. The molecule has 1 amide bonds. The van der Waals surface area contributed by atoms with Crippen molar-refractivity contribution in [3.05, 3.63) is 34.9 Å². The Morgan fingerprint density at radius 1 is 1.32 bits per heavy atom. The van der Waals surface area contributed by atoms with Gasteiger partial charge >= 0.3 is 5.97 Å². The van der Waals surface area contributed by atoms with Crippen molar-refractivity contribution in [3.8, 4) is 0 Å². The number of benzene rings is 1. The van der Waals surface area contributed by atoms with Crippen molar-refractivity contribution in [3.63, 3.8) is 0 Å². The van der Waals surface area contributed by atoms with Crippen LogP contribution >= 0.6 is 11.6 Å². The lowest BCUT2D eigenvalue weighted by Gasteiger charge is -2.28. The number of hydrogen-bond donors (Lipinski definition) is 2. The molecule has 0 bridgehead atoms. The van der Waals surface area contributed by atoms with E-state index in [2.05, 4.69) is 5.32 Å². The lowest BCUT2D eigenvalue weighted by atomic mass is 9.82. The van der Waals surface area contributed by atoms with E-state index in [0.29, 0.717) is 17.9 Å². The lowest BCUT2D eigenvalue weighted by Crippen LogP contribution is -2.45. The van der Waals surface area contributed by atoms with Crippen LogP contribution in [0.25, 0.3) is 0 Å². The Morgan fingerprint density at radius 2 is 1.95 bits per heavy atom. The Bertz CT molecular complexity index is 577. The molecule has 1 saturated carbocycles. The Kier molecular flexibility index (Phi) is 4.81. The lowest BCUT2D eigenvalue weighted by molar-refractivity contribution is -0.149. The second kappa shape index (κ2) is 6.29. The molecule has 0 aliphatic heterocycles. The zero-order valence-electron chi connectivity index (χ0n) is 13.0. The van der Waals surface area contributed by atoms with E-state index in [1.165, 1.54) is 0 Å². The molecule has 5 heteroatoms. The second-order valence-corrected chi connectivity index (χ2v) is 6.50. The summed E-state index contributed by atoms with van der Waals surface area (Å²) in [4.78, 5) is 24.1. The molecule has 2 N–H and O–H groups in total. The van der Waals surface area contributed by atoms with E-state index in [9.17, 15) is 14.7 Å². The fraction of sp³-hybridized carbons (Fsp3) is 0.529. The summed E-state index contributed by atoms with van der Waals surface area (Å²) in [7, 11) is 0. The molecule has 0 unspecified atom stereocenters. The number of rotatable bonds is 7. The smallest absolute Gasteiger partial charge is 0.311 e. The van der Waals surface area contributed by atoms with Crippen molar-refractivity contribution < 1.29 is 14.7 Å². The first-order valence-electron chi connectivity index (χ1n) is 7.68. The zero-order chi connectivity index (χ0) is 16.4. The molecule has 22 heavy (non-hydrogen) atoms. The summed E-state index contributed by atoms with van der Waals surface area (Å²) < 4.78 is 0. The highest BCUT2D eigenvalue weighted by Crippen LogP contribution is 2.49. The molecule has 120 valence electrons. The summed E-state index contributed by atoms with van der Waals surface area (Å²) in [5.74, 6) is -0.951. The van der Waals surface area contributed by atoms with Crippen LogP contribution in [0.5, 0.6) is 0 Å². The van der Waals surface area contributed by atoms with Gasteiger partial charge in [-0.2, -0.15) is 0 Å². The maximum Gasteiger partial charge on any atom is 0.311 e. The van der Waals surface area contributed by atoms with Crippen molar-refractivity contribution in [1.29, 1.82) is 0 Å². The van der Waals surface area contributed by atoms with E-state index in [4.69, 9.17) is 11.6 Å². The third kappa shape index (κ3) is 2.98. The number of amides is 1. The van der Waals surface area contributed by atoms with Gasteiger partial charge in [-0.05, 0) is 43.4 Å². The number of carbonyl (C=O) groups is 2. The van der Waals surface area contributed by atoms with Gasteiger partial charge in [0.25, 0.3) is 0 Å². The maximum absolute atomic E-state index is 12.6. The number of nitrogens with one attached hydrogen (secondary N) is 1. The molecule has 4 nitrogen and oxygen atoms in total. The molecule has 0 radical (unpaired) electrons. The van der Waals surface area contributed by atoms with Gasteiger partial charge in [0.05, 0.1) is 10.8 Å². The van der Waals surface area contributed by atoms with Gasteiger partial charge in [0.15, 0.2) is 0 Å². The van der Waals surface area contributed by atoms with E-state index in [-0.39, 0.29) is 12.5 Å². The van der Waals surface area contributed by atoms with E-state index >= 15 is 0 Å². The summed E-state index contributed by atoms with van der Waals surface area (Å²) >= 11 is 6.01. The minimum Gasteiger partial charge on any atom is -0.481 e. The Labute approximate surface area is 135 Å². The van der Waals surface area contributed by atoms with Crippen LogP contribution in [0.15, 0.2) is 24.3 Å². The largest absolute Gasteiger partial charge is 0.481 e. The van der Waals surface area contributed by atoms with Crippen molar-refractivity contribution in [1.82, 2.24) is 5.32 Å². The molecule has 2 rings (SSSR count). The molecule has 1 aliphatic carbocycles. The van der Waals surface area contributed by atoms with Crippen LogP contribution in [-0.4, -0.2) is 23.5 Å². The van der Waals surface area contributed by atoms with Crippen LogP contribution < -0.4 is 5.32 Å². The number of hydrogen-bond acceptors (Lipinski definition) is 2. The highest BCUT2D eigenvalue weighted by atomic mass is 35.5. The third-order valence-corrected chi connectivity index (χ3v) is 5.19. The van der Waals surface area contributed by atoms with E-state index in [0.717, 1.165) is 18.4 Å². The number of aliphatic carboxylic acids is 1. The highest BCUT2D eigenvalue weighted by Gasteiger charge is 2.51. The molecule has 1 aromatic carbocycles. The fourth-order valence-corrected chi connectivity index (χ4v) is 3.04. The Balaban J connectivity index is 2.11. The molecule has 0 spiro atoms. The normalized spacial score (nSPS) is 16.1. The number of carboxylic acid groups (broad SMARTS) is 1. The number of carboxylic acids is 1. The minimum atomic E-state index is -0.889. The van der Waals surface area contributed by atoms with Gasteiger partial charge in [-0.1, -0.05) is 37.6 Å². The van der Waals surface area contributed by atoms with E-state index < -0.39 is 16.8 Å². The van der Waals surface area contributed by atoms with Crippen LogP contribution in [-0.2, 0) is 15.0 Å². The van der Waals surface area contributed by atoms with Crippen molar-refractivity contribution in [2.24, 2.45) is 5.41 Å². The highest BCUT2D eigenvalue weighted by molar-refractivity contribution is 6.30. The molecule has 1 aromatic rings. The van der Waals surface area contributed by atoms with E-state index in [1.54, 1.807) is 6.07 Å². The average molecular weight is 324 g/mol. The quantitative estimate of drug-likeness (QED) is 0.808. The first-order valence-corrected chi connectivity index (χ1v) is 8.06. The molecular formula is C17H22ClNO3. The van der Waals surface area contributed by atoms with Gasteiger partial charge in [-0.25, -0.2) is 0 Å². The average Bonchev–Trinajstić information content (AvgIpc) is 3.30. The molecule has 0 heterocycles. The van der Waals surface area contributed by atoms with Gasteiger partial charge in [-0.3, -0.25) is 9.59 Å².